The van der Waals surface area contributed by atoms with Crippen molar-refractivity contribution in [2.75, 3.05) is 37.6 Å². The molecule has 2 aromatic rings. The molecule has 28 heavy (non-hydrogen) atoms. The quantitative estimate of drug-likeness (QED) is 0.890. The van der Waals surface area contributed by atoms with E-state index in [2.05, 4.69) is 47.2 Å². The molecule has 1 aromatic heterocycles. The Bertz CT molecular complexity index is 886. The number of amides is 2. The topological polar surface area (TPSA) is 65.5 Å². The molecule has 0 bridgehead atoms. The monoisotopic (exact) mass is 378 g/mol. The zero-order valence-electron chi connectivity index (χ0n) is 16.4. The Balaban J connectivity index is 1.39. The van der Waals surface area contributed by atoms with Crippen LogP contribution in [0.5, 0.6) is 0 Å². The van der Waals surface area contributed by atoms with Crippen LogP contribution in [0.3, 0.4) is 0 Å². The van der Waals surface area contributed by atoms with Crippen molar-refractivity contribution in [3.8, 4) is 0 Å². The predicted octanol–water partition coefficient (Wildman–Crippen LogP) is 2.26. The molecule has 146 valence electrons. The number of pyridine rings is 1. The molecular weight excluding hydrogens is 352 g/mol. The lowest BCUT2D eigenvalue weighted by Crippen LogP contribution is -2.49. The Kier molecular flexibility index (Phi) is 5.03. The van der Waals surface area contributed by atoms with Gasteiger partial charge in [0.1, 0.15) is 0 Å². The molecule has 1 N–H and O–H groups in total. The molecule has 2 saturated heterocycles. The van der Waals surface area contributed by atoms with Crippen LogP contribution in [-0.2, 0) is 4.79 Å². The Morgan fingerprint density at radius 2 is 1.89 bits per heavy atom. The van der Waals surface area contributed by atoms with E-state index >= 15 is 0 Å². The van der Waals surface area contributed by atoms with E-state index in [9.17, 15) is 9.59 Å². The van der Waals surface area contributed by atoms with E-state index in [0.717, 1.165) is 25.2 Å². The zero-order valence-corrected chi connectivity index (χ0v) is 16.4. The highest BCUT2D eigenvalue weighted by atomic mass is 16.2. The molecule has 0 spiro atoms. The highest BCUT2D eigenvalue weighted by molar-refractivity contribution is 5.94. The third-order valence-electron chi connectivity index (χ3n) is 5.70. The summed E-state index contributed by atoms with van der Waals surface area (Å²) in [6.07, 6.45) is 2.37. The number of anilines is 1. The maximum absolute atomic E-state index is 12.8. The smallest absolute Gasteiger partial charge is 0.255 e. The molecule has 0 saturated carbocycles. The molecule has 4 rings (SSSR count). The summed E-state index contributed by atoms with van der Waals surface area (Å²) in [5.74, 6) is -0.158. The number of benzene rings is 1. The Morgan fingerprint density at radius 1 is 1.11 bits per heavy atom. The van der Waals surface area contributed by atoms with Crippen LogP contribution in [0, 0.1) is 13.8 Å². The van der Waals surface area contributed by atoms with Gasteiger partial charge in [-0.15, -0.1) is 0 Å². The minimum Gasteiger partial charge on any atom is -0.368 e. The molecule has 2 fully saturated rings. The Hall–Kier alpha value is -2.89. The van der Waals surface area contributed by atoms with Crippen molar-refractivity contribution in [3.05, 3.63) is 58.9 Å². The van der Waals surface area contributed by atoms with Crippen molar-refractivity contribution < 1.29 is 9.59 Å². The molecular formula is C22H26N4O2. The van der Waals surface area contributed by atoms with Gasteiger partial charge in [0.2, 0.25) is 5.91 Å². The number of aryl methyl sites for hydroxylation is 2. The second kappa shape index (κ2) is 7.62. The Morgan fingerprint density at radius 3 is 2.50 bits per heavy atom. The molecule has 2 aliphatic heterocycles. The van der Waals surface area contributed by atoms with Gasteiger partial charge in [0.15, 0.2) is 0 Å². The van der Waals surface area contributed by atoms with E-state index in [1.807, 2.05) is 11.0 Å². The summed E-state index contributed by atoms with van der Waals surface area (Å²) in [6.45, 7) is 7.96. The van der Waals surface area contributed by atoms with Crippen LogP contribution in [-0.4, -0.2) is 54.4 Å². The van der Waals surface area contributed by atoms with E-state index in [4.69, 9.17) is 0 Å². The number of carbonyl (C=O) groups is 2. The van der Waals surface area contributed by atoms with E-state index < -0.39 is 0 Å². The minimum atomic E-state index is -0.189. The van der Waals surface area contributed by atoms with Crippen LogP contribution in [0.4, 0.5) is 5.69 Å². The molecule has 1 unspecified atom stereocenters. The number of hydrogen-bond acceptors (Lipinski definition) is 4. The fourth-order valence-electron chi connectivity index (χ4n) is 4.11. The highest BCUT2D eigenvalue weighted by Gasteiger charge is 2.28. The molecule has 1 aromatic carbocycles. The van der Waals surface area contributed by atoms with Crippen LogP contribution >= 0.6 is 0 Å². The second-order valence-corrected chi connectivity index (χ2v) is 7.67. The third kappa shape index (κ3) is 3.59. The summed E-state index contributed by atoms with van der Waals surface area (Å²) in [5, 5.41) is 2.82. The van der Waals surface area contributed by atoms with Crippen molar-refractivity contribution in [1.29, 1.82) is 0 Å². The van der Waals surface area contributed by atoms with Crippen molar-refractivity contribution in [2.24, 2.45) is 0 Å². The molecule has 0 aliphatic carbocycles. The summed E-state index contributed by atoms with van der Waals surface area (Å²) < 4.78 is 0. The first kappa shape index (κ1) is 18.5. The number of nitrogens with one attached hydrogen (secondary N) is 1. The van der Waals surface area contributed by atoms with Crippen molar-refractivity contribution in [1.82, 2.24) is 15.2 Å². The van der Waals surface area contributed by atoms with Crippen molar-refractivity contribution >= 4 is 17.5 Å². The van der Waals surface area contributed by atoms with Crippen LogP contribution in [0.2, 0.25) is 0 Å². The van der Waals surface area contributed by atoms with Crippen LogP contribution in [0.25, 0.3) is 0 Å². The average Bonchev–Trinajstić information content (AvgIpc) is 3.14. The van der Waals surface area contributed by atoms with Gasteiger partial charge in [-0.2, -0.15) is 0 Å². The average molecular weight is 378 g/mol. The standard InChI is InChI=1S/C22H26N4O2/c1-15-3-6-20(16(2)13-15)25-9-11-26(12-10-25)22(28)17-4-5-19(24-14-17)18-7-8-23-21(18)27/h3-6,13-14,18H,7-12H2,1-2H3,(H,23,27). The lowest BCUT2D eigenvalue weighted by atomic mass is 10.0. The fourth-order valence-corrected chi connectivity index (χ4v) is 4.11. The second-order valence-electron chi connectivity index (χ2n) is 7.67. The van der Waals surface area contributed by atoms with Gasteiger partial charge in [0.25, 0.3) is 5.91 Å². The highest BCUT2D eigenvalue weighted by Crippen LogP contribution is 2.24. The molecule has 2 amide bonds. The van der Waals surface area contributed by atoms with Gasteiger partial charge in [-0.1, -0.05) is 17.7 Å². The normalized spacial score (nSPS) is 19.6. The van der Waals surface area contributed by atoms with Gasteiger partial charge >= 0.3 is 0 Å². The number of nitrogens with zero attached hydrogens (tertiary/aromatic N) is 3. The predicted molar refractivity (Wildman–Crippen MR) is 109 cm³/mol. The van der Waals surface area contributed by atoms with Gasteiger partial charge in [-0.05, 0) is 44.0 Å². The van der Waals surface area contributed by atoms with Crippen LogP contribution in [0.15, 0.2) is 36.5 Å². The number of rotatable bonds is 3. The fraction of sp³-hybridized carbons (Fsp3) is 0.409. The van der Waals surface area contributed by atoms with Gasteiger partial charge in [-0.3, -0.25) is 14.6 Å². The van der Waals surface area contributed by atoms with E-state index in [1.165, 1.54) is 16.8 Å². The molecule has 1 atom stereocenters. The Labute approximate surface area is 165 Å². The lowest BCUT2D eigenvalue weighted by molar-refractivity contribution is -0.120. The number of hydrogen-bond donors (Lipinski definition) is 1. The van der Waals surface area contributed by atoms with Crippen LogP contribution < -0.4 is 10.2 Å². The first-order chi connectivity index (χ1) is 13.5. The van der Waals surface area contributed by atoms with Gasteiger partial charge in [0.05, 0.1) is 17.2 Å². The number of piperazine rings is 1. The largest absolute Gasteiger partial charge is 0.368 e. The van der Waals surface area contributed by atoms with Crippen molar-refractivity contribution in [2.45, 2.75) is 26.2 Å². The molecule has 3 heterocycles. The first-order valence-electron chi connectivity index (χ1n) is 9.88. The summed E-state index contributed by atoms with van der Waals surface area (Å²) >= 11 is 0. The lowest BCUT2D eigenvalue weighted by Gasteiger charge is -2.37. The summed E-state index contributed by atoms with van der Waals surface area (Å²) in [4.78, 5) is 33.3. The summed E-state index contributed by atoms with van der Waals surface area (Å²) in [5.41, 5.74) is 5.11. The van der Waals surface area contributed by atoms with E-state index in [0.29, 0.717) is 25.2 Å². The molecule has 0 radical (unpaired) electrons. The van der Waals surface area contributed by atoms with E-state index in [-0.39, 0.29) is 17.7 Å². The minimum absolute atomic E-state index is 0.00945. The molecule has 2 aliphatic rings. The van der Waals surface area contributed by atoms with Crippen molar-refractivity contribution in [3.63, 3.8) is 0 Å². The number of aromatic nitrogens is 1. The third-order valence-corrected chi connectivity index (χ3v) is 5.70. The van der Waals surface area contributed by atoms with Crippen LogP contribution in [0.1, 0.15) is 39.5 Å². The SMILES string of the molecule is Cc1ccc(N2CCN(C(=O)c3ccc(C4CCNC4=O)nc3)CC2)c(C)c1. The zero-order chi connectivity index (χ0) is 19.7. The summed E-state index contributed by atoms with van der Waals surface area (Å²) in [6, 6.07) is 10.1. The maximum atomic E-state index is 12.8. The van der Waals surface area contributed by atoms with Gasteiger partial charge < -0.3 is 15.1 Å². The summed E-state index contributed by atoms with van der Waals surface area (Å²) in [7, 11) is 0. The number of carbonyl (C=O) groups excluding carboxylic acids is 2. The molecule has 6 nitrogen and oxygen atoms in total. The van der Waals surface area contributed by atoms with Gasteiger partial charge in [-0.25, -0.2) is 0 Å². The first-order valence-corrected chi connectivity index (χ1v) is 9.88. The van der Waals surface area contributed by atoms with Gasteiger partial charge in [0, 0.05) is 44.6 Å². The molecule has 6 heteroatoms. The maximum Gasteiger partial charge on any atom is 0.255 e. The van der Waals surface area contributed by atoms with E-state index in [1.54, 1.807) is 12.3 Å².